The van der Waals surface area contributed by atoms with Crippen LogP contribution in [-0.4, -0.2) is 23.3 Å². The lowest BCUT2D eigenvalue weighted by Gasteiger charge is -2.19. The molecule has 1 fully saturated rings. The first-order valence-electron chi connectivity index (χ1n) is 7.37. The fourth-order valence-corrected chi connectivity index (χ4v) is 2.67. The lowest BCUT2D eigenvalue weighted by molar-refractivity contribution is 0.144. The average Bonchev–Trinajstić information content (AvgIpc) is 2.29. The highest BCUT2D eigenvalue weighted by Crippen LogP contribution is 2.16. The van der Waals surface area contributed by atoms with Gasteiger partial charge in [0, 0.05) is 12.1 Å². The molecule has 102 valence electrons. The molecule has 0 spiro atoms. The maximum absolute atomic E-state index is 9.82. The second kappa shape index (κ2) is 8.90. The summed E-state index contributed by atoms with van der Waals surface area (Å²) < 4.78 is 0. The number of aliphatic hydroxyl groups is 1. The zero-order chi connectivity index (χ0) is 12.5. The minimum absolute atomic E-state index is 0.153. The van der Waals surface area contributed by atoms with E-state index in [0.29, 0.717) is 0 Å². The summed E-state index contributed by atoms with van der Waals surface area (Å²) >= 11 is 0. The summed E-state index contributed by atoms with van der Waals surface area (Å²) in [7, 11) is 0. The van der Waals surface area contributed by atoms with Crippen molar-refractivity contribution in [2.24, 2.45) is 11.5 Å². The van der Waals surface area contributed by atoms with Crippen molar-refractivity contribution in [3.63, 3.8) is 0 Å². The summed E-state index contributed by atoms with van der Waals surface area (Å²) in [6.45, 7) is 0. The highest BCUT2D eigenvalue weighted by molar-refractivity contribution is 4.72. The van der Waals surface area contributed by atoms with Crippen molar-refractivity contribution >= 4 is 0 Å². The van der Waals surface area contributed by atoms with Crippen LogP contribution in [0.3, 0.4) is 0 Å². The van der Waals surface area contributed by atoms with E-state index < -0.39 is 0 Å². The maximum atomic E-state index is 9.82. The quantitative estimate of drug-likeness (QED) is 0.610. The Kier molecular flexibility index (Phi) is 7.82. The van der Waals surface area contributed by atoms with Gasteiger partial charge >= 0.3 is 0 Å². The summed E-state index contributed by atoms with van der Waals surface area (Å²) in [6.07, 6.45) is 12.1. The molecule has 0 saturated heterocycles. The maximum Gasteiger partial charge on any atom is 0.0540 e. The molecule has 1 rings (SSSR count). The minimum Gasteiger partial charge on any atom is -0.393 e. The molecule has 0 aromatic heterocycles. The summed E-state index contributed by atoms with van der Waals surface area (Å²) in [5.74, 6) is 0. The number of aliphatic hydroxyl groups excluding tert-OH is 1. The third-order valence-corrected chi connectivity index (χ3v) is 3.84. The van der Waals surface area contributed by atoms with Crippen LogP contribution in [0.25, 0.3) is 0 Å². The van der Waals surface area contributed by atoms with Crippen molar-refractivity contribution in [3.8, 4) is 0 Å². The third-order valence-electron chi connectivity index (χ3n) is 3.84. The Bertz CT molecular complexity index is 187. The Morgan fingerprint density at radius 2 is 1.18 bits per heavy atom. The first-order chi connectivity index (χ1) is 8.18. The monoisotopic (exact) mass is 242 g/mol. The average molecular weight is 242 g/mol. The fourth-order valence-electron chi connectivity index (χ4n) is 2.67. The van der Waals surface area contributed by atoms with Gasteiger partial charge in [0.15, 0.2) is 0 Å². The number of nitrogens with two attached hydrogens (primary N) is 2. The summed E-state index contributed by atoms with van der Waals surface area (Å²) in [5.41, 5.74) is 12.1. The molecular weight excluding hydrogens is 212 g/mol. The van der Waals surface area contributed by atoms with Gasteiger partial charge in [-0.2, -0.15) is 0 Å². The molecule has 3 nitrogen and oxygen atoms in total. The first kappa shape index (κ1) is 14.9. The Balaban J connectivity index is 2.30. The highest BCUT2D eigenvalue weighted by Gasteiger charge is 2.12. The van der Waals surface area contributed by atoms with Crippen LogP contribution in [0.1, 0.15) is 70.6 Å². The van der Waals surface area contributed by atoms with E-state index >= 15 is 0 Å². The van der Waals surface area contributed by atoms with Crippen LogP contribution in [0.5, 0.6) is 0 Å². The van der Waals surface area contributed by atoms with Gasteiger partial charge in [0.25, 0.3) is 0 Å². The van der Waals surface area contributed by atoms with Gasteiger partial charge in [0.1, 0.15) is 0 Å². The van der Waals surface area contributed by atoms with Gasteiger partial charge in [-0.15, -0.1) is 0 Å². The second-order valence-electron chi connectivity index (χ2n) is 5.69. The van der Waals surface area contributed by atoms with Crippen LogP contribution in [0.2, 0.25) is 0 Å². The molecule has 3 unspecified atom stereocenters. The van der Waals surface area contributed by atoms with E-state index in [-0.39, 0.29) is 18.2 Å². The van der Waals surface area contributed by atoms with Gasteiger partial charge in [-0.05, 0) is 32.1 Å². The van der Waals surface area contributed by atoms with Gasteiger partial charge in [-0.1, -0.05) is 38.5 Å². The molecule has 0 heterocycles. The second-order valence-corrected chi connectivity index (χ2v) is 5.69. The molecule has 3 heteroatoms. The van der Waals surface area contributed by atoms with Crippen molar-refractivity contribution in [3.05, 3.63) is 0 Å². The van der Waals surface area contributed by atoms with Crippen LogP contribution in [0.4, 0.5) is 0 Å². The van der Waals surface area contributed by atoms with Crippen LogP contribution in [0.15, 0.2) is 0 Å². The van der Waals surface area contributed by atoms with Crippen molar-refractivity contribution in [2.75, 3.05) is 0 Å². The third kappa shape index (κ3) is 7.74. The molecule has 1 aliphatic carbocycles. The van der Waals surface area contributed by atoms with E-state index in [9.17, 15) is 5.11 Å². The zero-order valence-electron chi connectivity index (χ0n) is 11.1. The molecule has 0 aliphatic heterocycles. The number of hydrogen-bond donors (Lipinski definition) is 3. The molecule has 1 aliphatic rings. The Labute approximate surface area is 106 Å². The van der Waals surface area contributed by atoms with Gasteiger partial charge < -0.3 is 16.6 Å². The Hall–Kier alpha value is -0.120. The summed E-state index contributed by atoms with van der Waals surface area (Å²) in [4.78, 5) is 0. The molecule has 0 aromatic carbocycles. The highest BCUT2D eigenvalue weighted by atomic mass is 16.3. The molecular formula is C14H30N2O. The lowest BCUT2D eigenvalue weighted by atomic mass is 9.95. The lowest BCUT2D eigenvalue weighted by Crippen LogP contribution is -2.32. The molecule has 3 atom stereocenters. The summed E-state index contributed by atoms with van der Waals surface area (Å²) in [6, 6.07) is 0.424. The fraction of sp³-hybridized carbons (Fsp3) is 1.00. The molecule has 0 bridgehead atoms. The van der Waals surface area contributed by atoms with E-state index in [1.165, 1.54) is 32.1 Å². The van der Waals surface area contributed by atoms with E-state index in [1.54, 1.807) is 0 Å². The van der Waals surface area contributed by atoms with Crippen LogP contribution >= 0.6 is 0 Å². The van der Waals surface area contributed by atoms with Crippen LogP contribution in [-0.2, 0) is 0 Å². The predicted octanol–water partition coefficient (Wildman–Crippen LogP) is 2.31. The topological polar surface area (TPSA) is 72.3 Å². The zero-order valence-corrected chi connectivity index (χ0v) is 11.1. The van der Waals surface area contributed by atoms with Crippen LogP contribution in [0, 0.1) is 0 Å². The van der Waals surface area contributed by atoms with Gasteiger partial charge in [-0.3, -0.25) is 0 Å². The largest absolute Gasteiger partial charge is 0.393 e. The standard InChI is InChI=1S/C14H30N2O/c15-12-7-5-3-1-2-4-6-8-14(17)10-9-13(16)11-12/h12-14,17H,1-11,15-16H2. The Morgan fingerprint density at radius 1 is 0.647 bits per heavy atom. The minimum atomic E-state index is -0.153. The Morgan fingerprint density at radius 3 is 1.88 bits per heavy atom. The van der Waals surface area contributed by atoms with E-state index in [0.717, 1.165) is 38.5 Å². The van der Waals surface area contributed by atoms with Gasteiger partial charge in [0.2, 0.25) is 0 Å². The summed E-state index contributed by atoms with van der Waals surface area (Å²) in [5, 5.41) is 9.82. The number of rotatable bonds is 0. The van der Waals surface area contributed by atoms with E-state index in [2.05, 4.69) is 0 Å². The smallest absolute Gasteiger partial charge is 0.0540 e. The number of hydrogen-bond acceptors (Lipinski definition) is 3. The van der Waals surface area contributed by atoms with E-state index in [4.69, 9.17) is 11.5 Å². The SMILES string of the molecule is NC1CCCCCCCCC(O)CCC(N)C1. The van der Waals surface area contributed by atoms with Crippen molar-refractivity contribution in [1.82, 2.24) is 0 Å². The first-order valence-corrected chi connectivity index (χ1v) is 7.37. The molecule has 17 heavy (non-hydrogen) atoms. The normalized spacial score (nSPS) is 35.1. The van der Waals surface area contributed by atoms with Crippen molar-refractivity contribution < 1.29 is 5.11 Å². The molecule has 1 saturated carbocycles. The molecule has 0 aromatic rings. The van der Waals surface area contributed by atoms with Gasteiger partial charge in [0.05, 0.1) is 6.10 Å². The predicted molar refractivity (Wildman–Crippen MR) is 72.7 cm³/mol. The van der Waals surface area contributed by atoms with Gasteiger partial charge in [-0.25, -0.2) is 0 Å². The van der Waals surface area contributed by atoms with Crippen molar-refractivity contribution in [1.29, 1.82) is 0 Å². The van der Waals surface area contributed by atoms with E-state index in [1.807, 2.05) is 0 Å². The molecule has 5 N–H and O–H groups in total. The van der Waals surface area contributed by atoms with Crippen molar-refractivity contribution in [2.45, 2.75) is 88.8 Å². The molecule has 0 amide bonds. The van der Waals surface area contributed by atoms with Crippen LogP contribution < -0.4 is 11.5 Å². The molecule has 0 radical (unpaired) electrons.